The Morgan fingerprint density at radius 3 is 3.09 bits per heavy atom. The number of nitrogens with one attached hydrogen (secondary N) is 1. The molecule has 3 rings (SSSR count). The molecule has 9 heteroatoms. The maximum absolute atomic E-state index is 5.86. The average molecular weight is 448 g/mol. The number of hydrogen-bond acceptors (Lipinski definition) is 5. The van der Waals surface area contributed by atoms with E-state index in [9.17, 15) is 0 Å². The van der Waals surface area contributed by atoms with Gasteiger partial charge >= 0.3 is 0 Å². The quantitative estimate of drug-likeness (QED) is 0.440. The Morgan fingerprint density at radius 1 is 1.57 bits per heavy atom. The standard InChI is InChI=1S/C14H20N6OS.HI/c1-15-14(17-8-13-16-3-6-22-13)20-4-5-21-12(10-20)11-7-18-19(2)9-11;/h3,6-7,9,12H,4-5,8,10H2,1-2H3,(H,15,17);1H. The third-order valence-corrected chi connectivity index (χ3v) is 4.34. The first-order valence-corrected chi connectivity index (χ1v) is 8.08. The minimum Gasteiger partial charge on any atom is -0.370 e. The molecule has 0 saturated carbocycles. The van der Waals surface area contributed by atoms with Gasteiger partial charge in [0, 0.05) is 44.0 Å². The van der Waals surface area contributed by atoms with Crippen LogP contribution in [0.4, 0.5) is 0 Å². The van der Waals surface area contributed by atoms with Gasteiger partial charge in [0.2, 0.25) is 0 Å². The predicted octanol–water partition coefficient (Wildman–Crippen LogP) is 1.64. The van der Waals surface area contributed by atoms with Crippen molar-refractivity contribution >= 4 is 41.3 Å². The van der Waals surface area contributed by atoms with Crippen molar-refractivity contribution in [3.05, 3.63) is 34.5 Å². The fourth-order valence-electron chi connectivity index (χ4n) is 2.48. The lowest BCUT2D eigenvalue weighted by molar-refractivity contribution is -0.00805. The van der Waals surface area contributed by atoms with E-state index in [1.165, 1.54) is 0 Å². The van der Waals surface area contributed by atoms with Crippen molar-refractivity contribution in [3.63, 3.8) is 0 Å². The van der Waals surface area contributed by atoms with E-state index in [1.807, 2.05) is 31.0 Å². The number of halogens is 1. The Labute approximate surface area is 156 Å². The summed E-state index contributed by atoms with van der Waals surface area (Å²) >= 11 is 1.64. The molecule has 1 atom stereocenters. The predicted molar refractivity (Wildman–Crippen MR) is 101 cm³/mol. The summed E-state index contributed by atoms with van der Waals surface area (Å²) in [6, 6.07) is 0. The fourth-order valence-corrected chi connectivity index (χ4v) is 3.03. The zero-order chi connectivity index (χ0) is 15.4. The second-order valence-electron chi connectivity index (χ2n) is 5.08. The van der Waals surface area contributed by atoms with Crippen LogP contribution in [-0.4, -0.2) is 52.4 Å². The largest absolute Gasteiger partial charge is 0.370 e. The van der Waals surface area contributed by atoms with Gasteiger partial charge in [0.15, 0.2) is 5.96 Å². The first-order valence-electron chi connectivity index (χ1n) is 7.20. The molecule has 126 valence electrons. The molecule has 1 saturated heterocycles. The summed E-state index contributed by atoms with van der Waals surface area (Å²) in [5.74, 6) is 0.882. The van der Waals surface area contributed by atoms with Gasteiger partial charge in [0.25, 0.3) is 0 Å². The molecule has 1 fully saturated rings. The number of aryl methyl sites for hydroxylation is 1. The average Bonchev–Trinajstić information content (AvgIpc) is 3.20. The van der Waals surface area contributed by atoms with Crippen LogP contribution in [0.15, 0.2) is 29.0 Å². The lowest BCUT2D eigenvalue weighted by atomic mass is 10.1. The van der Waals surface area contributed by atoms with Crippen LogP contribution in [0.2, 0.25) is 0 Å². The molecule has 0 aliphatic carbocycles. The highest BCUT2D eigenvalue weighted by Crippen LogP contribution is 2.21. The highest BCUT2D eigenvalue weighted by Gasteiger charge is 2.25. The molecule has 2 aromatic rings. The van der Waals surface area contributed by atoms with Gasteiger partial charge in [-0.1, -0.05) is 0 Å². The van der Waals surface area contributed by atoms with E-state index < -0.39 is 0 Å². The lowest BCUT2D eigenvalue weighted by Crippen LogP contribution is -2.47. The molecule has 2 aromatic heterocycles. The van der Waals surface area contributed by atoms with Gasteiger partial charge in [-0.3, -0.25) is 9.67 Å². The number of aliphatic imine (C=N–C) groups is 1. The summed E-state index contributed by atoms with van der Waals surface area (Å²) in [6.45, 7) is 2.97. The molecular formula is C14H21IN6OS. The molecule has 0 spiro atoms. The first-order chi connectivity index (χ1) is 10.8. The molecule has 1 N–H and O–H groups in total. The van der Waals surface area contributed by atoms with E-state index in [4.69, 9.17) is 4.74 Å². The van der Waals surface area contributed by atoms with Crippen LogP contribution >= 0.6 is 35.3 Å². The van der Waals surface area contributed by atoms with Gasteiger partial charge in [-0.25, -0.2) is 4.98 Å². The molecule has 0 aromatic carbocycles. The molecular weight excluding hydrogens is 427 g/mol. The number of morpholine rings is 1. The van der Waals surface area contributed by atoms with E-state index in [1.54, 1.807) is 23.1 Å². The maximum atomic E-state index is 5.86. The van der Waals surface area contributed by atoms with Crippen LogP contribution in [0.25, 0.3) is 0 Å². The SMILES string of the molecule is CN=C(NCc1nccs1)N1CCOC(c2cnn(C)c2)C1.I. The van der Waals surface area contributed by atoms with E-state index in [2.05, 4.69) is 25.3 Å². The van der Waals surface area contributed by atoms with Crippen molar-refractivity contribution < 1.29 is 4.74 Å². The Bertz CT molecular complexity index is 629. The minimum absolute atomic E-state index is 0. The van der Waals surface area contributed by atoms with Crippen LogP contribution in [-0.2, 0) is 18.3 Å². The molecule has 7 nitrogen and oxygen atoms in total. The molecule has 1 aliphatic heterocycles. The van der Waals surface area contributed by atoms with Crippen LogP contribution in [0, 0.1) is 0 Å². The van der Waals surface area contributed by atoms with Crippen molar-refractivity contribution in [1.29, 1.82) is 0 Å². The summed E-state index contributed by atoms with van der Waals surface area (Å²) in [7, 11) is 3.72. The Balaban J connectivity index is 0.00000192. The summed E-state index contributed by atoms with van der Waals surface area (Å²) < 4.78 is 7.66. The smallest absolute Gasteiger partial charge is 0.194 e. The highest BCUT2D eigenvalue weighted by molar-refractivity contribution is 14.0. The molecule has 0 radical (unpaired) electrons. The van der Waals surface area contributed by atoms with E-state index in [-0.39, 0.29) is 30.1 Å². The van der Waals surface area contributed by atoms with E-state index in [0.29, 0.717) is 13.2 Å². The second-order valence-corrected chi connectivity index (χ2v) is 6.06. The maximum Gasteiger partial charge on any atom is 0.194 e. The summed E-state index contributed by atoms with van der Waals surface area (Å²) in [5.41, 5.74) is 1.10. The van der Waals surface area contributed by atoms with Crippen LogP contribution in [0.1, 0.15) is 16.7 Å². The zero-order valence-corrected chi connectivity index (χ0v) is 16.3. The van der Waals surface area contributed by atoms with E-state index in [0.717, 1.165) is 29.6 Å². The lowest BCUT2D eigenvalue weighted by Gasteiger charge is -2.34. The number of hydrogen-bond donors (Lipinski definition) is 1. The fraction of sp³-hybridized carbons (Fsp3) is 0.500. The van der Waals surface area contributed by atoms with Gasteiger partial charge in [-0.15, -0.1) is 35.3 Å². The van der Waals surface area contributed by atoms with Gasteiger partial charge in [0.1, 0.15) is 11.1 Å². The minimum atomic E-state index is 0. The number of ether oxygens (including phenoxy) is 1. The monoisotopic (exact) mass is 448 g/mol. The number of aromatic nitrogens is 3. The van der Waals surface area contributed by atoms with Crippen LogP contribution < -0.4 is 5.32 Å². The summed E-state index contributed by atoms with van der Waals surface area (Å²) in [4.78, 5) is 10.9. The number of rotatable bonds is 3. The molecule has 3 heterocycles. The van der Waals surface area contributed by atoms with Crippen molar-refractivity contribution in [2.75, 3.05) is 26.7 Å². The van der Waals surface area contributed by atoms with Gasteiger partial charge < -0.3 is 15.0 Å². The highest BCUT2D eigenvalue weighted by atomic mass is 127. The number of nitrogens with zero attached hydrogens (tertiary/aromatic N) is 5. The van der Waals surface area contributed by atoms with Gasteiger partial charge in [-0.2, -0.15) is 5.10 Å². The molecule has 0 amide bonds. The van der Waals surface area contributed by atoms with Crippen molar-refractivity contribution in [3.8, 4) is 0 Å². The molecule has 1 unspecified atom stereocenters. The van der Waals surface area contributed by atoms with Crippen molar-refractivity contribution in [1.82, 2.24) is 25.0 Å². The normalized spacial score (nSPS) is 18.6. The van der Waals surface area contributed by atoms with Crippen molar-refractivity contribution in [2.24, 2.45) is 12.0 Å². The summed E-state index contributed by atoms with van der Waals surface area (Å²) in [5, 5.41) is 10.6. The Kier molecular flexibility index (Phi) is 6.78. The Morgan fingerprint density at radius 2 is 2.43 bits per heavy atom. The number of thiazole rings is 1. The molecule has 23 heavy (non-hydrogen) atoms. The van der Waals surface area contributed by atoms with Crippen molar-refractivity contribution in [2.45, 2.75) is 12.6 Å². The third-order valence-electron chi connectivity index (χ3n) is 3.56. The molecule has 0 bridgehead atoms. The van der Waals surface area contributed by atoms with E-state index >= 15 is 0 Å². The third kappa shape index (κ3) is 4.64. The van der Waals surface area contributed by atoms with Crippen LogP contribution in [0.5, 0.6) is 0 Å². The Hall–Kier alpha value is -1.20. The first kappa shape index (κ1) is 18.1. The summed E-state index contributed by atoms with van der Waals surface area (Å²) in [6.07, 6.45) is 5.71. The number of guanidine groups is 1. The van der Waals surface area contributed by atoms with Gasteiger partial charge in [-0.05, 0) is 0 Å². The molecule has 1 aliphatic rings. The zero-order valence-electron chi connectivity index (χ0n) is 13.2. The topological polar surface area (TPSA) is 67.6 Å². The second kappa shape index (κ2) is 8.60. The van der Waals surface area contributed by atoms with Crippen LogP contribution in [0.3, 0.4) is 0 Å². The van der Waals surface area contributed by atoms with Gasteiger partial charge in [0.05, 0.1) is 25.9 Å².